The number of phenols is 1. The fourth-order valence-corrected chi connectivity index (χ4v) is 4.18. The van der Waals surface area contributed by atoms with Crippen molar-refractivity contribution in [2.45, 2.75) is 57.5 Å². The Morgan fingerprint density at radius 3 is 2.62 bits per heavy atom. The van der Waals surface area contributed by atoms with Gasteiger partial charge in [0.25, 0.3) is 0 Å². The molecule has 1 aliphatic heterocycles. The quantitative estimate of drug-likeness (QED) is 0.884. The zero-order valence-corrected chi connectivity index (χ0v) is 13.3. The standard InChI is InChI=1S/C18H28N2O/c1-13(19-2)16-10-9-15(12-18(16)21)20-11-5-8-17(20)14-6-3-4-7-14/h9-10,12-14,17,19,21H,3-8,11H2,1-2H3. The molecule has 0 amide bonds. The van der Waals surface area contributed by atoms with Gasteiger partial charge in [0.15, 0.2) is 0 Å². The molecule has 116 valence electrons. The third kappa shape index (κ3) is 2.89. The number of phenolic OH excluding ortho intramolecular Hbond substituents is 1. The molecule has 2 atom stereocenters. The molecule has 0 bridgehead atoms. The van der Waals surface area contributed by atoms with Crippen LogP contribution in [-0.2, 0) is 0 Å². The fraction of sp³-hybridized carbons (Fsp3) is 0.667. The number of aromatic hydroxyl groups is 1. The Labute approximate surface area is 128 Å². The van der Waals surface area contributed by atoms with E-state index in [2.05, 4.69) is 29.3 Å². The van der Waals surface area contributed by atoms with Gasteiger partial charge in [-0.15, -0.1) is 0 Å². The number of rotatable bonds is 4. The second-order valence-electron chi connectivity index (χ2n) is 6.70. The minimum Gasteiger partial charge on any atom is -0.508 e. The molecule has 2 unspecified atom stereocenters. The van der Waals surface area contributed by atoms with Crippen LogP contribution in [0.5, 0.6) is 5.75 Å². The lowest BCUT2D eigenvalue weighted by Crippen LogP contribution is -2.34. The maximum absolute atomic E-state index is 10.3. The number of hydrogen-bond acceptors (Lipinski definition) is 3. The number of benzene rings is 1. The topological polar surface area (TPSA) is 35.5 Å². The molecule has 3 rings (SSSR count). The highest BCUT2D eigenvalue weighted by molar-refractivity contribution is 5.55. The highest BCUT2D eigenvalue weighted by atomic mass is 16.3. The third-order valence-electron chi connectivity index (χ3n) is 5.49. The van der Waals surface area contributed by atoms with Crippen molar-refractivity contribution in [2.75, 3.05) is 18.5 Å². The van der Waals surface area contributed by atoms with Gasteiger partial charge >= 0.3 is 0 Å². The van der Waals surface area contributed by atoms with Crippen LogP contribution in [0.15, 0.2) is 18.2 Å². The van der Waals surface area contributed by atoms with Crippen LogP contribution in [-0.4, -0.2) is 24.7 Å². The largest absolute Gasteiger partial charge is 0.508 e. The maximum Gasteiger partial charge on any atom is 0.122 e. The summed E-state index contributed by atoms with van der Waals surface area (Å²) in [6, 6.07) is 7.12. The van der Waals surface area contributed by atoms with Gasteiger partial charge in [0.2, 0.25) is 0 Å². The Bertz CT molecular complexity index is 482. The summed E-state index contributed by atoms with van der Waals surface area (Å²) in [7, 11) is 1.93. The second kappa shape index (κ2) is 6.27. The van der Waals surface area contributed by atoms with Gasteiger partial charge < -0.3 is 15.3 Å². The van der Waals surface area contributed by atoms with E-state index in [1.54, 1.807) is 0 Å². The number of anilines is 1. The molecule has 1 aliphatic carbocycles. The van der Waals surface area contributed by atoms with Crippen LogP contribution in [0.4, 0.5) is 5.69 Å². The monoisotopic (exact) mass is 288 g/mol. The molecule has 3 nitrogen and oxygen atoms in total. The predicted octanol–water partition coefficient (Wildman–Crippen LogP) is 3.83. The predicted molar refractivity (Wildman–Crippen MR) is 87.9 cm³/mol. The van der Waals surface area contributed by atoms with Gasteiger partial charge in [-0.3, -0.25) is 0 Å². The molecule has 3 heteroatoms. The van der Waals surface area contributed by atoms with Gasteiger partial charge in [0.05, 0.1) is 0 Å². The molecule has 21 heavy (non-hydrogen) atoms. The molecule has 1 saturated heterocycles. The van der Waals surface area contributed by atoms with Crippen LogP contribution in [0.3, 0.4) is 0 Å². The smallest absolute Gasteiger partial charge is 0.122 e. The van der Waals surface area contributed by atoms with Crippen molar-refractivity contribution in [1.29, 1.82) is 0 Å². The van der Waals surface area contributed by atoms with Crippen LogP contribution in [0.1, 0.15) is 57.1 Å². The summed E-state index contributed by atoms with van der Waals surface area (Å²) in [5.41, 5.74) is 2.19. The number of nitrogens with one attached hydrogen (secondary N) is 1. The van der Waals surface area contributed by atoms with Crippen LogP contribution in [0.25, 0.3) is 0 Å². The maximum atomic E-state index is 10.3. The van der Waals surface area contributed by atoms with Crippen LogP contribution in [0, 0.1) is 5.92 Å². The SMILES string of the molecule is CNC(C)c1ccc(N2CCCC2C2CCCC2)cc1O. The molecule has 1 saturated carbocycles. The molecule has 0 spiro atoms. The van der Waals surface area contributed by atoms with Gasteiger partial charge in [-0.05, 0) is 51.6 Å². The van der Waals surface area contributed by atoms with E-state index in [4.69, 9.17) is 0 Å². The molecule has 1 aromatic carbocycles. The Morgan fingerprint density at radius 2 is 1.95 bits per heavy atom. The zero-order valence-electron chi connectivity index (χ0n) is 13.3. The fourth-order valence-electron chi connectivity index (χ4n) is 4.18. The normalized spacial score (nSPS) is 24.7. The molecule has 1 heterocycles. The highest BCUT2D eigenvalue weighted by Crippen LogP contribution is 2.39. The summed E-state index contributed by atoms with van der Waals surface area (Å²) >= 11 is 0. The lowest BCUT2D eigenvalue weighted by molar-refractivity contribution is 0.429. The van der Waals surface area contributed by atoms with Crippen molar-refractivity contribution >= 4 is 5.69 Å². The van der Waals surface area contributed by atoms with E-state index in [0.717, 1.165) is 18.0 Å². The van der Waals surface area contributed by atoms with Gasteiger partial charge in [-0.25, -0.2) is 0 Å². The molecule has 1 aromatic rings. The van der Waals surface area contributed by atoms with Gasteiger partial charge in [-0.1, -0.05) is 18.9 Å². The zero-order chi connectivity index (χ0) is 14.8. The minimum atomic E-state index is 0.184. The molecule has 0 radical (unpaired) electrons. The first-order valence-electron chi connectivity index (χ1n) is 8.47. The van der Waals surface area contributed by atoms with Crippen molar-refractivity contribution in [3.63, 3.8) is 0 Å². The van der Waals surface area contributed by atoms with E-state index in [1.165, 1.54) is 44.2 Å². The van der Waals surface area contributed by atoms with Crippen LogP contribution >= 0.6 is 0 Å². The molecular weight excluding hydrogens is 260 g/mol. The van der Waals surface area contributed by atoms with E-state index in [9.17, 15) is 5.11 Å². The average Bonchev–Trinajstić information content (AvgIpc) is 3.16. The van der Waals surface area contributed by atoms with Crippen molar-refractivity contribution in [3.8, 4) is 5.75 Å². The summed E-state index contributed by atoms with van der Waals surface area (Å²) in [5, 5.41) is 13.5. The first kappa shape index (κ1) is 14.7. The summed E-state index contributed by atoms with van der Waals surface area (Å²) < 4.78 is 0. The number of hydrogen-bond donors (Lipinski definition) is 2. The highest BCUT2D eigenvalue weighted by Gasteiger charge is 2.33. The summed E-state index contributed by atoms with van der Waals surface area (Å²) in [4.78, 5) is 2.55. The molecule has 0 aromatic heterocycles. The number of nitrogens with zero attached hydrogens (tertiary/aromatic N) is 1. The van der Waals surface area contributed by atoms with Crippen molar-refractivity contribution < 1.29 is 5.11 Å². The van der Waals surface area contributed by atoms with Crippen molar-refractivity contribution in [2.24, 2.45) is 5.92 Å². The molecule has 2 fully saturated rings. The molecule has 2 N–H and O–H groups in total. The lowest BCUT2D eigenvalue weighted by atomic mass is 9.95. The average molecular weight is 288 g/mol. The summed E-state index contributed by atoms with van der Waals surface area (Å²) in [5.74, 6) is 1.29. The first-order valence-corrected chi connectivity index (χ1v) is 8.47. The molecular formula is C18H28N2O. The van der Waals surface area contributed by atoms with Crippen molar-refractivity contribution in [3.05, 3.63) is 23.8 Å². The van der Waals surface area contributed by atoms with Crippen LogP contribution < -0.4 is 10.2 Å². The van der Waals surface area contributed by atoms with Crippen LogP contribution in [0.2, 0.25) is 0 Å². The molecule has 2 aliphatic rings. The van der Waals surface area contributed by atoms with Gasteiger partial charge in [0, 0.05) is 35.9 Å². The summed E-state index contributed by atoms with van der Waals surface area (Å²) in [6.07, 6.45) is 8.19. The lowest BCUT2D eigenvalue weighted by Gasteiger charge is -2.31. The Hall–Kier alpha value is -1.22. The second-order valence-corrected chi connectivity index (χ2v) is 6.70. The van der Waals surface area contributed by atoms with E-state index in [-0.39, 0.29) is 6.04 Å². The van der Waals surface area contributed by atoms with E-state index >= 15 is 0 Å². The summed E-state index contributed by atoms with van der Waals surface area (Å²) in [6.45, 7) is 3.22. The Kier molecular flexibility index (Phi) is 4.39. The van der Waals surface area contributed by atoms with E-state index in [1.807, 2.05) is 13.1 Å². The van der Waals surface area contributed by atoms with Gasteiger partial charge in [-0.2, -0.15) is 0 Å². The van der Waals surface area contributed by atoms with E-state index < -0.39 is 0 Å². The first-order chi connectivity index (χ1) is 10.2. The Morgan fingerprint density at radius 1 is 1.19 bits per heavy atom. The Balaban J connectivity index is 1.80. The van der Waals surface area contributed by atoms with Crippen molar-refractivity contribution in [1.82, 2.24) is 5.32 Å². The van der Waals surface area contributed by atoms with E-state index in [0.29, 0.717) is 11.8 Å². The third-order valence-corrected chi connectivity index (χ3v) is 5.49. The van der Waals surface area contributed by atoms with Gasteiger partial charge in [0.1, 0.15) is 5.75 Å². The minimum absolute atomic E-state index is 0.184.